The monoisotopic (exact) mass is 317 g/mol. The Morgan fingerprint density at radius 2 is 1.91 bits per heavy atom. The number of amides is 1. The summed E-state index contributed by atoms with van der Waals surface area (Å²) in [5, 5.41) is 10.9. The van der Waals surface area contributed by atoms with Crippen LogP contribution >= 0.6 is 0 Å². The molecule has 1 N–H and O–H groups in total. The number of rotatable bonds is 6. The highest BCUT2D eigenvalue weighted by atomic mass is 16.5. The number of nitrogens with zero attached hydrogens (tertiary/aromatic N) is 2. The molecule has 1 heterocycles. The fraction of sp³-hybridized carbons (Fsp3) is 0.471. The quantitative estimate of drug-likeness (QED) is 0.886. The minimum atomic E-state index is -0.265. The lowest BCUT2D eigenvalue weighted by molar-refractivity contribution is -0.124. The van der Waals surface area contributed by atoms with Crippen LogP contribution in [0.1, 0.15) is 40.0 Å². The summed E-state index contributed by atoms with van der Waals surface area (Å²) in [5.41, 5.74) is 0.560. The van der Waals surface area contributed by atoms with Gasteiger partial charge in [0.15, 0.2) is 6.61 Å². The largest absolute Gasteiger partial charge is 0.484 e. The van der Waals surface area contributed by atoms with Crippen molar-refractivity contribution in [1.29, 1.82) is 0 Å². The molecule has 0 aliphatic rings. The number of ether oxygens (including phenoxy) is 1. The van der Waals surface area contributed by atoms with Crippen LogP contribution in [0.4, 0.5) is 0 Å². The summed E-state index contributed by atoms with van der Waals surface area (Å²) < 4.78 is 11.0. The van der Waals surface area contributed by atoms with E-state index in [4.69, 9.17) is 9.15 Å². The van der Waals surface area contributed by atoms with Crippen molar-refractivity contribution in [3.8, 4) is 17.2 Å². The van der Waals surface area contributed by atoms with E-state index in [1.54, 1.807) is 12.1 Å². The second kappa shape index (κ2) is 7.26. The minimum absolute atomic E-state index is 0.0160. The molecule has 0 unspecified atom stereocenters. The Hall–Kier alpha value is -2.37. The molecule has 6 nitrogen and oxygen atoms in total. The van der Waals surface area contributed by atoms with Crippen LogP contribution in [0.25, 0.3) is 11.5 Å². The molecular formula is C17H23N3O3. The zero-order valence-electron chi connectivity index (χ0n) is 14.0. The summed E-state index contributed by atoms with van der Waals surface area (Å²) in [7, 11) is 0. The van der Waals surface area contributed by atoms with Crippen molar-refractivity contribution in [2.45, 2.75) is 46.1 Å². The van der Waals surface area contributed by atoms with Crippen LogP contribution in [-0.2, 0) is 11.2 Å². The Morgan fingerprint density at radius 1 is 1.22 bits per heavy atom. The van der Waals surface area contributed by atoms with Gasteiger partial charge in [-0.25, -0.2) is 0 Å². The van der Waals surface area contributed by atoms with Crippen molar-refractivity contribution in [3.63, 3.8) is 0 Å². The highest BCUT2D eigenvalue weighted by molar-refractivity contribution is 5.78. The van der Waals surface area contributed by atoms with Gasteiger partial charge in [0, 0.05) is 17.5 Å². The number of hydrogen-bond acceptors (Lipinski definition) is 5. The standard InChI is InChI=1S/C17H23N3O3/c1-5-6-15-19-20-16(23-15)12-7-9-13(10-8-12)22-11-14(21)18-17(2,3)4/h7-10H,5-6,11H2,1-4H3,(H,18,21). The first-order chi connectivity index (χ1) is 10.9. The fourth-order valence-corrected chi connectivity index (χ4v) is 1.98. The first-order valence-electron chi connectivity index (χ1n) is 7.74. The molecule has 1 aromatic carbocycles. The molecule has 0 saturated carbocycles. The summed E-state index contributed by atoms with van der Waals surface area (Å²) in [5.74, 6) is 1.60. The third-order valence-electron chi connectivity index (χ3n) is 2.92. The van der Waals surface area contributed by atoms with E-state index in [2.05, 4.69) is 22.4 Å². The van der Waals surface area contributed by atoms with Crippen LogP contribution in [-0.4, -0.2) is 28.3 Å². The molecule has 6 heteroatoms. The summed E-state index contributed by atoms with van der Waals surface area (Å²) >= 11 is 0. The average molecular weight is 317 g/mol. The van der Waals surface area contributed by atoms with Gasteiger partial charge in [-0.2, -0.15) is 0 Å². The second-order valence-electron chi connectivity index (χ2n) is 6.36. The van der Waals surface area contributed by atoms with Gasteiger partial charge in [-0.05, 0) is 51.5 Å². The van der Waals surface area contributed by atoms with E-state index >= 15 is 0 Å². The molecule has 23 heavy (non-hydrogen) atoms. The second-order valence-corrected chi connectivity index (χ2v) is 6.36. The molecule has 2 aromatic rings. The summed E-state index contributed by atoms with van der Waals surface area (Å²) in [6.07, 6.45) is 1.74. The first-order valence-corrected chi connectivity index (χ1v) is 7.74. The van der Waals surface area contributed by atoms with Crippen molar-refractivity contribution in [1.82, 2.24) is 15.5 Å². The van der Waals surface area contributed by atoms with Gasteiger partial charge in [-0.3, -0.25) is 4.79 Å². The molecule has 2 rings (SSSR count). The summed E-state index contributed by atoms with van der Waals surface area (Å²) in [4.78, 5) is 11.7. The van der Waals surface area contributed by atoms with Crippen LogP contribution in [0.3, 0.4) is 0 Å². The van der Waals surface area contributed by atoms with Gasteiger partial charge in [-0.15, -0.1) is 10.2 Å². The lowest BCUT2D eigenvalue weighted by Crippen LogP contribution is -2.43. The van der Waals surface area contributed by atoms with E-state index in [1.165, 1.54) is 0 Å². The van der Waals surface area contributed by atoms with Crippen LogP contribution in [0.2, 0.25) is 0 Å². The van der Waals surface area contributed by atoms with Crippen molar-refractivity contribution < 1.29 is 13.9 Å². The molecule has 1 aromatic heterocycles. The van der Waals surface area contributed by atoms with Gasteiger partial charge in [0.05, 0.1) is 0 Å². The lowest BCUT2D eigenvalue weighted by Gasteiger charge is -2.20. The third kappa shape index (κ3) is 5.39. The topological polar surface area (TPSA) is 77.2 Å². The number of aromatic nitrogens is 2. The predicted molar refractivity (Wildman–Crippen MR) is 87.1 cm³/mol. The van der Waals surface area contributed by atoms with Crippen molar-refractivity contribution >= 4 is 5.91 Å². The van der Waals surface area contributed by atoms with E-state index in [-0.39, 0.29) is 18.1 Å². The van der Waals surface area contributed by atoms with Crippen LogP contribution < -0.4 is 10.1 Å². The molecule has 0 radical (unpaired) electrons. The van der Waals surface area contributed by atoms with Gasteiger partial charge >= 0.3 is 0 Å². The highest BCUT2D eigenvalue weighted by Crippen LogP contribution is 2.21. The van der Waals surface area contributed by atoms with Crippen molar-refractivity contribution in [2.24, 2.45) is 0 Å². The number of carbonyl (C=O) groups excluding carboxylic acids is 1. The smallest absolute Gasteiger partial charge is 0.258 e. The predicted octanol–water partition coefficient (Wildman–Crippen LogP) is 2.98. The molecule has 0 atom stereocenters. The van der Waals surface area contributed by atoms with E-state index < -0.39 is 0 Å². The maximum atomic E-state index is 11.7. The van der Waals surface area contributed by atoms with E-state index in [0.29, 0.717) is 17.5 Å². The molecule has 0 bridgehead atoms. The Balaban J connectivity index is 1.92. The fourth-order valence-electron chi connectivity index (χ4n) is 1.98. The molecule has 124 valence electrons. The van der Waals surface area contributed by atoms with Gasteiger partial charge in [-0.1, -0.05) is 6.92 Å². The molecule has 0 aliphatic heterocycles. The van der Waals surface area contributed by atoms with E-state index in [1.807, 2.05) is 32.9 Å². The molecule has 0 saturated heterocycles. The summed E-state index contributed by atoms with van der Waals surface area (Å²) in [6.45, 7) is 7.83. The minimum Gasteiger partial charge on any atom is -0.484 e. The molecule has 0 spiro atoms. The number of hydrogen-bond donors (Lipinski definition) is 1. The van der Waals surface area contributed by atoms with Crippen LogP contribution in [0.15, 0.2) is 28.7 Å². The molecule has 1 amide bonds. The Bertz CT molecular complexity index is 642. The first kappa shape index (κ1) is 17.0. The zero-order chi connectivity index (χ0) is 16.9. The molecule has 0 fully saturated rings. The van der Waals surface area contributed by atoms with Gasteiger partial charge in [0.2, 0.25) is 11.8 Å². The van der Waals surface area contributed by atoms with Crippen molar-refractivity contribution in [2.75, 3.05) is 6.61 Å². The molecule has 0 aliphatic carbocycles. The van der Waals surface area contributed by atoms with E-state index in [9.17, 15) is 4.79 Å². The van der Waals surface area contributed by atoms with Crippen LogP contribution in [0.5, 0.6) is 5.75 Å². The normalized spacial score (nSPS) is 11.3. The average Bonchev–Trinajstić information content (AvgIpc) is 2.93. The molecular weight excluding hydrogens is 294 g/mol. The number of aryl methyl sites for hydroxylation is 1. The maximum Gasteiger partial charge on any atom is 0.258 e. The van der Waals surface area contributed by atoms with Gasteiger partial charge in [0.25, 0.3) is 5.91 Å². The number of benzene rings is 1. The number of carbonyl (C=O) groups is 1. The zero-order valence-corrected chi connectivity index (χ0v) is 14.0. The lowest BCUT2D eigenvalue weighted by atomic mass is 10.1. The van der Waals surface area contributed by atoms with Gasteiger partial charge in [0.1, 0.15) is 5.75 Å². The number of nitrogens with one attached hydrogen (secondary N) is 1. The Kier molecular flexibility index (Phi) is 5.36. The summed E-state index contributed by atoms with van der Waals surface area (Å²) in [6, 6.07) is 7.23. The SMILES string of the molecule is CCCc1nnc(-c2ccc(OCC(=O)NC(C)(C)C)cc2)o1. The van der Waals surface area contributed by atoms with Crippen molar-refractivity contribution in [3.05, 3.63) is 30.2 Å². The Labute approximate surface area is 136 Å². The Morgan fingerprint density at radius 3 is 2.52 bits per heavy atom. The highest BCUT2D eigenvalue weighted by Gasteiger charge is 2.14. The van der Waals surface area contributed by atoms with Crippen LogP contribution in [0, 0.1) is 0 Å². The third-order valence-corrected chi connectivity index (χ3v) is 2.92. The van der Waals surface area contributed by atoms with Gasteiger partial charge < -0.3 is 14.5 Å². The maximum absolute atomic E-state index is 11.7. The van der Waals surface area contributed by atoms with E-state index in [0.717, 1.165) is 18.4 Å².